The minimum absolute atomic E-state index is 0.137. The molecule has 6 nitrogen and oxygen atoms in total. The average Bonchev–Trinajstić information content (AvgIpc) is 2.75. The number of carbonyl (C=O) groups is 3. The molecular formula is C12H12ClN3O3. The molecule has 1 aromatic carbocycles. The fraction of sp³-hybridized carbons (Fsp3) is 0.250. The van der Waals surface area contributed by atoms with Crippen molar-refractivity contribution in [3.63, 3.8) is 0 Å². The van der Waals surface area contributed by atoms with Crippen molar-refractivity contribution in [2.24, 2.45) is 11.7 Å². The van der Waals surface area contributed by atoms with Crippen molar-refractivity contribution >= 4 is 35.0 Å². The number of nitrogens with two attached hydrogens (primary N) is 1. The van der Waals surface area contributed by atoms with E-state index >= 15 is 0 Å². The number of anilines is 1. The van der Waals surface area contributed by atoms with Gasteiger partial charge < -0.3 is 16.4 Å². The number of halogens is 1. The van der Waals surface area contributed by atoms with Crippen LogP contribution in [-0.4, -0.2) is 24.3 Å². The number of hydrogen-bond acceptors (Lipinski definition) is 3. The van der Waals surface area contributed by atoms with Gasteiger partial charge in [-0.15, -0.1) is 0 Å². The Morgan fingerprint density at radius 1 is 1.42 bits per heavy atom. The zero-order valence-corrected chi connectivity index (χ0v) is 10.7. The van der Waals surface area contributed by atoms with E-state index in [1.807, 2.05) is 0 Å². The summed E-state index contributed by atoms with van der Waals surface area (Å²) in [5.74, 6) is -1.42. The molecule has 1 aliphatic rings. The van der Waals surface area contributed by atoms with Gasteiger partial charge in [0.1, 0.15) is 0 Å². The molecule has 3 amide bonds. The van der Waals surface area contributed by atoms with E-state index in [0.29, 0.717) is 12.2 Å². The van der Waals surface area contributed by atoms with Crippen LogP contribution in [0, 0.1) is 5.92 Å². The third kappa shape index (κ3) is 3.03. The molecule has 1 saturated heterocycles. The van der Waals surface area contributed by atoms with Crippen LogP contribution in [0.2, 0.25) is 5.02 Å². The van der Waals surface area contributed by atoms with Crippen molar-refractivity contribution in [2.45, 2.75) is 6.42 Å². The summed E-state index contributed by atoms with van der Waals surface area (Å²) in [6.45, 7) is 0.331. The molecule has 4 N–H and O–H groups in total. The number of carbonyl (C=O) groups excluding carboxylic acids is 3. The SMILES string of the molecule is NC(=O)c1ccc(NC(=O)C2CNC(=O)C2)cc1Cl. The lowest BCUT2D eigenvalue weighted by atomic mass is 10.1. The summed E-state index contributed by atoms with van der Waals surface area (Å²) in [7, 11) is 0. The Kier molecular flexibility index (Phi) is 3.71. The molecule has 1 atom stereocenters. The topological polar surface area (TPSA) is 101 Å². The minimum Gasteiger partial charge on any atom is -0.366 e. The third-order valence-electron chi connectivity index (χ3n) is 2.85. The zero-order chi connectivity index (χ0) is 14.0. The standard InChI is InChI=1S/C12H12ClN3O3/c13-9-4-7(1-2-8(9)11(14)18)16-12(19)6-3-10(17)15-5-6/h1-2,4,6H,3,5H2,(H2,14,18)(H,15,17)(H,16,19). The van der Waals surface area contributed by atoms with Gasteiger partial charge in [0.25, 0.3) is 0 Å². The molecular weight excluding hydrogens is 270 g/mol. The highest BCUT2D eigenvalue weighted by atomic mass is 35.5. The largest absolute Gasteiger partial charge is 0.366 e. The van der Waals surface area contributed by atoms with Gasteiger partial charge in [0.05, 0.1) is 16.5 Å². The second kappa shape index (κ2) is 5.27. The second-order valence-electron chi connectivity index (χ2n) is 4.25. The summed E-state index contributed by atoms with van der Waals surface area (Å²) in [5, 5.41) is 5.40. The van der Waals surface area contributed by atoms with E-state index in [1.54, 1.807) is 0 Å². The zero-order valence-electron chi connectivity index (χ0n) is 9.90. The molecule has 1 aliphatic heterocycles. The van der Waals surface area contributed by atoms with Gasteiger partial charge in [-0.2, -0.15) is 0 Å². The summed E-state index contributed by atoms with van der Waals surface area (Å²) in [6, 6.07) is 4.43. The van der Waals surface area contributed by atoms with Crippen molar-refractivity contribution in [2.75, 3.05) is 11.9 Å². The normalized spacial score (nSPS) is 17.9. The van der Waals surface area contributed by atoms with Gasteiger partial charge in [0.15, 0.2) is 0 Å². The summed E-state index contributed by atoms with van der Waals surface area (Å²) >= 11 is 5.87. The highest BCUT2D eigenvalue weighted by molar-refractivity contribution is 6.34. The molecule has 0 saturated carbocycles. The molecule has 0 aliphatic carbocycles. The molecule has 0 spiro atoms. The second-order valence-corrected chi connectivity index (χ2v) is 4.66. The molecule has 0 bridgehead atoms. The first kappa shape index (κ1) is 13.4. The highest BCUT2D eigenvalue weighted by Crippen LogP contribution is 2.21. The van der Waals surface area contributed by atoms with Crippen molar-refractivity contribution < 1.29 is 14.4 Å². The van der Waals surface area contributed by atoms with Crippen molar-refractivity contribution in [1.29, 1.82) is 0 Å². The van der Waals surface area contributed by atoms with Gasteiger partial charge in [0.2, 0.25) is 17.7 Å². The molecule has 100 valence electrons. The molecule has 1 unspecified atom stereocenters. The van der Waals surface area contributed by atoms with Crippen LogP contribution in [0.1, 0.15) is 16.8 Å². The summed E-state index contributed by atoms with van der Waals surface area (Å²) < 4.78 is 0. The maximum atomic E-state index is 11.9. The molecule has 0 aromatic heterocycles. The van der Waals surface area contributed by atoms with E-state index in [-0.39, 0.29) is 34.7 Å². The van der Waals surface area contributed by atoms with Gasteiger partial charge in [-0.1, -0.05) is 11.6 Å². The average molecular weight is 282 g/mol. The Balaban J connectivity index is 2.07. The van der Waals surface area contributed by atoms with E-state index in [0.717, 1.165) is 0 Å². The van der Waals surface area contributed by atoms with Crippen LogP contribution >= 0.6 is 11.6 Å². The Bertz CT molecular complexity index is 559. The summed E-state index contributed by atoms with van der Waals surface area (Å²) in [6.07, 6.45) is 0.179. The van der Waals surface area contributed by atoms with Crippen LogP contribution in [0.25, 0.3) is 0 Å². The minimum atomic E-state index is -0.631. The quantitative estimate of drug-likeness (QED) is 0.752. The first-order valence-corrected chi connectivity index (χ1v) is 6.02. The Labute approximate surface area is 114 Å². The highest BCUT2D eigenvalue weighted by Gasteiger charge is 2.27. The van der Waals surface area contributed by atoms with Crippen LogP contribution in [0.4, 0.5) is 5.69 Å². The molecule has 1 heterocycles. The third-order valence-corrected chi connectivity index (χ3v) is 3.16. The predicted molar refractivity (Wildman–Crippen MR) is 69.7 cm³/mol. The Hall–Kier alpha value is -2.08. The van der Waals surface area contributed by atoms with Crippen LogP contribution in [0.5, 0.6) is 0 Å². The van der Waals surface area contributed by atoms with Crippen LogP contribution in [0.3, 0.4) is 0 Å². The van der Waals surface area contributed by atoms with Gasteiger partial charge in [-0.25, -0.2) is 0 Å². The number of benzene rings is 1. The maximum absolute atomic E-state index is 11.9. The first-order valence-electron chi connectivity index (χ1n) is 5.64. The molecule has 2 rings (SSSR count). The van der Waals surface area contributed by atoms with E-state index in [9.17, 15) is 14.4 Å². The fourth-order valence-corrected chi connectivity index (χ4v) is 2.10. The van der Waals surface area contributed by atoms with E-state index in [2.05, 4.69) is 10.6 Å². The molecule has 1 aromatic rings. The van der Waals surface area contributed by atoms with Crippen LogP contribution in [-0.2, 0) is 9.59 Å². The predicted octanol–water partition coefficient (Wildman–Crippen LogP) is 0.513. The lowest BCUT2D eigenvalue weighted by Gasteiger charge is -2.10. The summed E-state index contributed by atoms with van der Waals surface area (Å²) in [4.78, 5) is 33.9. The maximum Gasteiger partial charge on any atom is 0.250 e. The number of nitrogens with one attached hydrogen (secondary N) is 2. The van der Waals surface area contributed by atoms with E-state index in [4.69, 9.17) is 17.3 Å². The van der Waals surface area contributed by atoms with Gasteiger partial charge in [-0.3, -0.25) is 14.4 Å². The lowest BCUT2D eigenvalue weighted by Crippen LogP contribution is -2.24. The van der Waals surface area contributed by atoms with Gasteiger partial charge in [-0.05, 0) is 18.2 Å². The number of rotatable bonds is 3. The van der Waals surface area contributed by atoms with Crippen LogP contribution in [0.15, 0.2) is 18.2 Å². The molecule has 0 radical (unpaired) electrons. The van der Waals surface area contributed by atoms with Crippen molar-refractivity contribution in [3.05, 3.63) is 28.8 Å². The molecule has 7 heteroatoms. The smallest absolute Gasteiger partial charge is 0.250 e. The van der Waals surface area contributed by atoms with Gasteiger partial charge >= 0.3 is 0 Å². The number of primary amides is 1. The molecule has 1 fully saturated rings. The van der Waals surface area contributed by atoms with E-state index < -0.39 is 5.91 Å². The van der Waals surface area contributed by atoms with Crippen LogP contribution < -0.4 is 16.4 Å². The van der Waals surface area contributed by atoms with Crippen molar-refractivity contribution in [3.8, 4) is 0 Å². The number of amides is 3. The Morgan fingerprint density at radius 2 is 2.16 bits per heavy atom. The number of hydrogen-bond donors (Lipinski definition) is 3. The monoisotopic (exact) mass is 281 g/mol. The Morgan fingerprint density at radius 3 is 2.68 bits per heavy atom. The summed E-state index contributed by atoms with van der Waals surface area (Å²) in [5.41, 5.74) is 5.77. The fourth-order valence-electron chi connectivity index (χ4n) is 1.83. The first-order chi connectivity index (χ1) is 8.97. The molecule has 19 heavy (non-hydrogen) atoms. The van der Waals surface area contributed by atoms with Gasteiger partial charge in [0, 0.05) is 18.7 Å². The lowest BCUT2D eigenvalue weighted by molar-refractivity contribution is -0.123. The van der Waals surface area contributed by atoms with E-state index in [1.165, 1.54) is 18.2 Å². The van der Waals surface area contributed by atoms with Crippen molar-refractivity contribution in [1.82, 2.24) is 5.32 Å².